The predicted octanol–water partition coefficient (Wildman–Crippen LogP) is 3.95. The molecule has 0 radical (unpaired) electrons. The van der Waals surface area contributed by atoms with Crippen LogP contribution in [0, 0.1) is 5.82 Å². The second kappa shape index (κ2) is 9.91. The van der Waals surface area contributed by atoms with E-state index in [1.807, 2.05) is 18.5 Å². The van der Waals surface area contributed by atoms with Gasteiger partial charge in [0.05, 0.1) is 37.5 Å². The Hall–Kier alpha value is -3.94. The van der Waals surface area contributed by atoms with Crippen LogP contribution >= 0.6 is 0 Å². The van der Waals surface area contributed by atoms with Gasteiger partial charge >= 0.3 is 0 Å². The van der Waals surface area contributed by atoms with Crippen LogP contribution in [0.1, 0.15) is 6.42 Å². The van der Waals surface area contributed by atoms with Gasteiger partial charge in [0.15, 0.2) is 11.5 Å². The van der Waals surface area contributed by atoms with Crippen molar-refractivity contribution in [2.24, 2.45) is 4.99 Å². The largest absolute Gasteiger partial charge is 0.493 e. The number of fused-ring (bicyclic) bond motifs is 2. The van der Waals surface area contributed by atoms with Crippen molar-refractivity contribution in [3.05, 3.63) is 66.2 Å². The molecule has 0 bridgehead atoms. The minimum Gasteiger partial charge on any atom is -0.493 e. The summed E-state index contributed by atoms with van der Waals surface area (Å²) >= 11 is 0. The molecular formula is C25H25FN6O2. The van der Waals surface area contributed by atoms with Gasteiger partial charge in [0, 0.05) is 43.3 Å². The van der Waals surface area contributed by atoms with Crippen molar-refractivity contribution in [3.8, 4) is 11.5 Å². The van der Waals surface area contributed by atoms with Gasteiger partial charge < -0.3 is 19.7 Å². The number of halogens is 1. The van der Waals surface area contributed by atoms with Crippen LogP contribution in [0.5, 0.6) is 11.5 Å². The number of benzene rings is 2. The van der Waals surface area contributed by atoms with Crippen molar-refractivity contribution in [2.45, 2.75) is 6.42 Å². The van der Waals surface area contributed by atoms with Gasteiger partial charge in [0.1, 0.15) is 18.0 Å². The van der Waals surface area contributed by atoms with Crippen molar-refractivity contribution in [3.63, 3.8) is 0 Å². The summed E-state index contributed by atoms with van der Waals surface area (Å²) in [7, 11) is 1.61. The first-order valence-electron chi connectivity index (χ1n) is 11.1. The molecule has 2 aliphatic rings. The van der Waals surface area contributed by atoms with Crippen LogP contribution in [0.25, 0.3) is 10.9 Å². The molecule has 0 spiro atoms. The molecular weight excluding hydrogens is 435 g/mol. The molecule has 0 atom stereocenters. The summed E-state index contributed by atoms with van der Waals surface area (Å²) in [6.45, 7) is 4.23. The number of methoxy groups -OCH3 is 1. The molecule has 1 fully saturated rings. The molecule has 34 heavy (non-hydrogen) atoms. The number of rotatable bonds is 8. The van der Waals surface area contributed by atoms with E-state index in [-0.39, 0.29) is 5.82 Å². The first-order valence-corrected chi connectivity index (χ1v) is 11.1. The minimum atomic E-state index is -0.291. The summed E-state index contributed by atoms with van der Waals surface area (Å²) in [5, 5.41) is 4.02. The number of aromatic nitrogens is 2. The highest BCUT2D eigenvalue weighted by Gasteiger charge is 2.20. The second-order valence-electron chi connectivity index (χ2n) is 8.03. The average molecular weight is 461 g/mol. The highest BCUT2D eigenvalue weighted by atomic mass is 19.1. The Morgan fingerprint density at radius 3 is 2.85 bits per heavy atom. The second-order valence-corrected chi connectivity index (χ2v) is 8.03. The van der Waals surface area contributed by atoms with E-state index in [0.717, 1.165) is 54.9 Å². The monoisotopic (exact) mass is 460 g/mol. The van der Waals surface area contributed by atoms with Crippen molar-refractivity contribution in [2.75, 3.05) is 45.2 Å². The standard InChI is InChI=1S/C25H25FN6O2/c1-33-23-14-22-21(25(29-16-28-22)30-19-5-3-18(26)4-6-19)13-24(23)34-12-2-9-31-10-11-32-17-27-8-7-20(32)15-31/h3-6,8,13-14,16-17H,2,9-12,15H2,1H3,(H,28,29,30). The summed E-state index contributed by atoms with van der Waals surface area (Å²) in [6.07, 6.45) is 5.93. The van der Waals surface area contributed by atoms with Gasteiger partial charge in [-0.05, 0) is 36.8 Å². The first-order chi connectivity index (χ1) is 16.7. The molecule has 0 amide bonds. The van der Waals surface area contributed by atoms with Crippen LogP contribution in [0.2, 0.25) is 0 Å². The number of anilines is 2. The fourth-order valence-corrected chi connectivity index (χ4v) is 4.01. The average Bonchev–Trinajstić information content (AvgIpc) is 2.87. The molecule has 0 unspecified atom stereocenters. The number of aliphatic imine (C=N–C) groups is 1. The zero-order valence-corrected chi connectivity index (χ0v) is 18.9. The third-order valence-corrected chi connectivity index (χ3v) is 5.79. The van der Waals surface area contributed by atoms with E-state index in [2.05, 4.69) is 35.8 Å². The van der Waals surface area contributed by atoms with Crippen molar-refractivity contribution in [1.29, 1.82) is 0 Å². The van der Waals surface area contributed by atoms with E-state index < -0.39 is 0 Å². The number of ether oxygens (including phenoxy) is 2. The Morgan fingerprint density at radius 2 is 2.00 bits per heavy atom. The molecule has 2 aromatic carbocycles. The van der Waals surface area contributed by atoms with Crippen LogP contribution in [0.4, 0.5) is 15.9 Å². The first kappa shape index (κ1) is 21.9. The van der Waals surface area contributed by atoms with Crippen LogP contribution in [0.15, 0.2) is 65.3 Å². The number of hydrogen-bond donors (Lipinski definition) is 1. The van der Waals surface area contributed by atoms with E-state index in [9.17, 15) is 4.39 Å². The van der Waals surface area contributed by atoms with Crippen LogP contribution in [-0.4, -0.2) is 66.0 Å². The Morgan fingerprint density at radius 1 is 1.12 bits per heavy atom. The molecule has 1 saturated heterocycles. The van der Waals surface area contributed by atoms with Gasteiger partial charge in [-0.3, -0.25) is 4.90 Å². The van der Waals surface area contributed by atoms with E-state index in [1.54, 1.807) is 25.4 Å². The van der Waals surface area contributed by atoms with Crippen molar-refractivity contribution < 1.29 is 13.9 Å². The Balaban J connectivity index is 1.26. The summed E-state index contributed by atoms with van der Waals surface area (Å²) in [4.78, 5) is 17.4. The van der Waals surface area contributed by atoms with Crippen molar-refractivity contribution in [1.82, 2.24) is 19.8 Å². The Labute approximate surface area is 197 Å². The van der Waals surface area contributed by atoms with E-state index in [4.69, 9.17) is 9.47 Å². The summed E-state index contributed by atoms with van der Waals surface area (Å²) in [6, 6.07) is 9.85. The molecule has 3 heterocycles. The van der Waals surface area contributed by atoms with Gasteiger partial charge in [0.2, 0.25) is 0 Å². The van der Waals surface area contributed by atoms with Crippen LogP contribution in [-0.2, 0) is 0 Å². The van der Waals surface area contributed by atoms with E-state index >= 15 is 0 Å². The van der Waals surface area contributed by atoms with Gasteiger partial charge in [-0.25, -0.2) is 19.4 Å². The third-order valence-electron chi connectivity index (χ3n) is 5.79. The van der Waals surface area contributed by atoms with E-state index in [1.165, 1.54) is 18.5 Å². The highest BCUT2D eigenvalue weighted by Crippen LogP contribution is 2.34. The maximum atomic E-state index is 13.3. The lowest BCUT2D eigenvalue weighted by Gasteiger charge is -2.35. The summed E-state index contributed by atoms with van der Waals surface area (Å²) < 4.78 is 24.9. The molecule has 174 valence electrons. The Bertz CT molecular complexity index is 1270. The number of nitrogens with zero attached hydrogens (tertiary/aromatic N) is 5. The topological polar surface area (TPSA) is 75.1 Å². The normalized spacial score (nSPS) is 15.2. The summed E-state index contributed by atoms with van der Waals surface area (Å²) in [5.74, 6) is 1.57. The molecule has 9 heteroatoms. The Kier molecular flexibility index (Phi) is 6.38. The molecule has 3 aromatic rings. The van der Waals surface area contributed by atoms with Crippen LogP contribution in [0.3, 0.4) is 0 Å². The number of hydrogen-bond acceptors (Lipinski definition) is 8. The quantitative estimate of drug-likeness (QED) is 0.403. The molecule has 1 N–H and O–H groups in total. The van der Waals surface area contributed by atoms with Gasteiger partial charge in [-0.2, -0.15) is 0 Å². The fourth-order valence-electron chi connectivity index (χ4n) is 4.01. The van der Waals surface area contributed by atoms with Gasteiger partial charge in [0.25, 0.3) is 0 Å². The van der Waals surface area contributed by atoms with Crippen molar-refractivity contribution >= 4 is 28.7 Å². The predicted molar refractivity (Wildman–Crippen MR) is 129 cm³/mol. The van der Waals surface area contributed by atoms with Gasteiger partial charge in [-0.15, -0.1) is 0 Å². The SMILES string of the molecule is COc1cc2ncnc(Nc3ccc(F)cc3)c2cc1OCCCN1CCN2C=NC=C=C2C1. The number of nitrogens with one attached hydrogen (secondary N) is 1. The zero-order chi connectivity index (χ0) is 23.3. The smallest absolute Gasteiger partial charge is 0.162 e. The lowest BCUT2D eigenvalue weighted by atomic mass is 10.2. The van der Waals surface area contributed by atoms with Crippen LogP contribution < -0.4 is 14.8 Å². The molecule has 0 aliphatic carbocycles. The van der Waals surface area contributed by atoms with Gasteiger partial charge in [-0.1, -0.05) is 5.73 Å². The molecule has 1 aromatic heterocycles. The molecule has 0 saturated carbocycles. The zero-order valence-electron chi connectivity index (χ0n) is 18.9. The highest BCUT2D eigenvalue weighted by molar-refractivity contribution is 5.93. The fraction of sp³-hybridized carbons (Fsp3) is 0.280. The maximum Gasteiger partial charge on any atom is 0.162 e. The molecule has 8 nitrogen and oxygen atoms in total. The summed E-state index contributed by atoms with van der Waals surface area (Å²) in [5.41, 5.74) is 5.82. The van der Waals surface area contributed by atoms with E-state index in [0.29, 0.717) is 23.9 Å². The maximum absolute atomic E-state index is 13.3. The third kappa shape index (κ3) is 4.85. The lowest BCUT2D eigenvalue weighted by Crippen LogP contribution is -2.44. The number of piperazine rings is 1. The molecule has 2 aliphatic heterocycles. The minimum absolute atomic E-state index is 0.291. The molecule has 5 rings (SSSR count). The lowest BCUT2D eigenvalue weighted by molar-refractivity contribution is 0.200.